The number of hydrogen-bond donors (Lipinski definition) is 0. The molecule has 8 rings (SSSR count). The van der Waals surface area contributed by atoms with Crippen molar-refractivity contribution in [2.45, 2.75) is 65.0 Å². The van der Waals surface area contributed by atoms with Crippen molar-refractivity contribution in [1.82, 2.24) is 29.5 Å². The Morgan fingerprint density at radius 3 is 2.56 bits per heavy atom. The molecule has 0 N–H and O–H groups in total. The fraction of sp³-hybridized carbons (Fsp3) is 0.500. The van der Waals surface area contributed by atoms with E-state index in [1.807, 2.05) is 13.2 Å². The van der Waals surface area contributed by atoms with Crippen LogP contribution in [0.1, 0.15) is 55.5 Å². The van der Waals surface area contributed by atoms with Crippen molar-refractivity contribution in [3.63, 3.8) is 0 Å². The standard InChI is InChI=1S/C28H32FN7/c1-18-23-16-35(14-10-24(23)36(33-18)17-28-11-7-19(8-12-28)9-13-28)27-22-15-30-34(2)26(22)31-25(32-27)20-3-5-21(29)6-4-20/h3-6,15,19H,7-14,16-17H2,1-2H3. The highest BCUT2D eigenvalue weighted by molar-refractivity contribution is 5.88. The van der Waals surface area contributed by atoms with Crippen LogP contribution in [0, 0.1) is 24.1 Å². The minimum Gasteiger partial charge on any atom is -0.351 e. The summed E-state index contributed by atoms with van der Waals surface area (Å²) in [6, 6.07) is 6.37. The second-order valence-corrected chi connectivity index (χ2v) is 11.2. The maximum atomic E-state index is 13.5. The summed E-state index contributed by atoms with van der Waals surface area (Å²) in [6.45, 7) is 4.88. The summed E-state index contributed by atoms with van der Waals surface area (Å²) in [5, 5.41) is 10.5. The first kappa shape index (κ1) is 21.9. The van der Waals surface area contributed by atoms with Gasteiger partial charge in [-0.1, -0.05) is 0 Å². The molecular formula is C28H32FN7. The van der Waals surface area contributed by atoms with E-state index >= 15 is 0 Å². The Kier molecular flexibility index (Phi) is 4.95. The fourth-order valence-electron chi connectivity index (χ4n) is 6.84. The van der Waals surface area contributed by atoms with Crippen LogP contribution < -0.4 is 4.90 Å². The second-order valence-electron chi connectivity index (χ2n) is 11.2. The van der Waals surface area contributed by atoms with Gasteiger partial charge in [0.1, 0.15) is 11.6 Å². The lowest BCUT2D eigenvalue weighted by molar-refractivity contribution is 0.0439. The zero-order valence-corrected chi connectivity index (χ0v) is 21.0. The molecule has 8 heteroatoms. The maximum absolute atomic E-state index is 13.5. The third kappa shape index (κ3) is 3.52. The van der Waals surface area contributed by atoms with Gasteiger partial charge in [0.25, 0.3) is 0 Å². The average molecular weight is 486 g/mol. The minimum absolute atomic E-state index is 0.266. The largest absolute Gasteiger partial charge is 0.351 e. The van der Waals surface area contributed by atoms with Crippen molar-refractivity contribution < 1.29 is 4.39 Å². The molecule has 4 aliphatic rings. The molecule has 0 amide bonds. The van der Waals surface area contributed by atoms with Crippen LogP contribution in [0.3, 0.4) is 0 Å². The van der Waals surface area contributed by atoms with E-state index in [4.69, 9.17) is 15.1 Å². The number of anilines is 1. The van der Waals surface area contributed by atoms with Crippen LogP contribution in [0.2, 0.25) is 0 Å². The summed E-state index contributed by atoms with van der Waals surface area (Å²) in [4.78, 5) is 12.1. The van der Waals surface area contributed by atoms with Crippen LogP contribution in [0.25, 0.3) is 22.4 Å². The highest BCUT2D eigenvalue weighted by Crippen LogP contribution is 2.51. The fourth-order valence-corrected chi connectivity index (χ4v) is 6.84. The Hall–Kier alpha value is -3.29. The van der Waals surface area contributed by atoms with E-state index in [9.17, 15) is 4.39 Å². The molecule has 3 aliphatic carbocycles. The summed E-state index contributed by atoms with van der Waals surface area (Å²) in [7, 11) is 1.90. The minimum atomic E-state index is -0.266. The molecule has 1 aliphatic heterocycles. The first-order valence-corrected chi connectivity index (χ1v) is 13.2. The maximum Gasteiger partial charge on any atom is 0.163 e. The van der Waals surface area contributed by atoms with Crippen LogP contribution in [0.15, 0.2) is 30.5 Å². The molecule has 1 aromatic carbocycles. The van der Waals surface area contributed by atoms with Crippen molar-refractivity contribution in [3.05, 3.63) is 53.2 Å². The lowest BCUT2D eigenvalue weighted by Crippen LogP contribution is -2.38. The SMILES string of the molecule is Cc1nn(CC23CCC(CC2)CC3)c2c1CN(c1nc(-c3ccc(F)cc3)nc3c1cnn3C)CC2. The van der Waals surface area contributed by atoms with Crippen molar-refractivity contribution in [1.29, 1.82) is 0 Å². The summed E-state index contributed by atoms with van der Waals surface area (Å²) < 4.78 is 17.7. The predicted octanol–water partition coefficient (Wildman–Crippen LogP) is 5.21. The van der Waals surface area contributed by atoms with Crippen molar-refractivity contribution in [2.75, 3.05) is 11.4 Å². The molecule has 3 aromatic heterocycles. The van der Waals surface area contributed by atoms with Crippen molar-refractivity contribution >= 4 is 16.9 Å². The van der Waals surface area contributed by atoms with Gasteiger partial charge in [-0.05, 0) is 81.0 Å². The Balaban J connectivity index is 1.23. The Labute approximate surface area is 210 Å². The summed E-state index contributed by atoms with van der Waals surface area (Å²) in [5.74, 6) is 2.18. The van der Waals surface area contributed by atoms with Gasteiger partial charge in [-0.25, -0.2) is 14.4 Å². The van der Waals surface area contributed by atoms with E-state index in [1.54, 1.807) is 16.8 Å². The van der Waals surface area contributed by atoms with Gasteiger partial charge in [0.2, 0.25) is 0 Å². The zero-order valence-electron chi connectivity index (χ0n) is 21.0. The van der Waals surface area contributed by atoms with Crippen LogP contribution in [0.4, 0.5) is 10.2 Å². The topological polar surface area (TPSA) is 64.7 Å². The van der Waals surface area contributed by atoms with Gasteiger partial charge in [-0.3, -0.25) is 9.36 Å². The van der Waals surface area contributed by atoms with Gasteiger partial charge in [-0.2, -0.15) is 10.2 Å². The van der Waals surface area contributed by atoms with Crippen LogP contribution >= 0.6 is 0 Å². The third-order valence-corrected chi connectivity index (χ3v) is 9.04. The number of aromatic nitrogens is 6. The van der Waals surface area contributed by atoms with Crippen LogP contribution in [-0.2, 0) is 26.6 Å². The summed E-state index contributed by atoms with van der Waals surface area (Å²) >= 11 is 0. The molecule has 4 heterocycles. The lowest BCUT2D eigenvalue weighted by atomic mass is 9.61. The number of hydrogen-bond acceptors (Lipinski definition) is 5. The lowest BCUT2D eigenvalue weighted by Gasteiger charge is -2.46. The molecule has 186 valence electrons. The predicted molar refractivity (Wildman–Crippen MR) is 137 cm³/mol. The van der Waals surface area contributed by atoms with E-state index in [-0.39, 0.29) is 5.82 Å². The van der Waals surface area contributed by atoms with E-state index in [0.717, 1.165) is 60.1 Å². The Morgan fingerprint density at radius 1 is 1.06 bits per heavy atom. The second kappa shape index (κ2) is 8.11. The zero-order chi connectivity index (χ0) is 24.4. The van der Waals surface area contributed by atoms with Crippen molar-refractivity contribution in [3.8, 4) is 11.4 Å². The molecule has 0 atom stereocenters. The Morgan fingerprint density at radius 2 is 1.81 bits per heavy atom. The highest BCUT2D eigenvalue weighted by atomic mass is 19.1. The Bertz CT molecular complexity index is 1430. The van der Waals surface area contributed by atoms with E-state index in [0.29, 0.717) is 11.2 Å². The number of aryl methyl sites for hydroxylation is 2. The molecule has 4 aromatic rings. The molecule has 2 bridgehead atoms. The van der Waals surface area contributed by atoms with E-state index in [1.165, 1.54) is 61.9 Å². The molecule has 3 fully saturated rings. The molecule has 0 saturated heterocycles. The third-order valence-electron chi connectivity index (χ3n) is 9.04. The van der Waals surface area contributed by atoms with Crippen molar-refractivity contribution in [2.24, 2.45) is 18.4 Å². The molecule has 0 unspecified atom stereocenters. The quantitative estimate of drug-likeness (QED) is 0.397. The van der Waals surface area contributed by atoms with E-state index in [2.05, 4.69) is 21.6 Å². The number of fused-ring (bicyclic) bond motifs is 5. The van der Waals surface area contributed by atoms with Gasteiger partial charge in [0.15, 0.2) is 11.5 Å². The number of halogens is 1. The molecule has 3 saturated carbocycles. The summed E-state index contributed by atoms with van der Waals surface area (Å²) in [6.07, 6.45) is 11.1. The van der Waals surface area contributed by atoms with Gasteiger partial charge in [0.05, 0.1) is 17.3 Å². The smallest absolute Gasteiger partial charge is 0.163 e. The molecule has 0 radical (unpaired) electrons. The number of nitrogens with zero attached hydrogens (tertiary/aromatic N) is 7. The molecular weight excluding hydrogens is 453 g/mol. The number of rotatable bonds is 4. The van der Waals surface area contributed by atoms with Gasteiger partial charge >= 0.3 is 0 Å². The molecule has 36 heavy (non-hydrogen) atoms. The van der Waals surface area contributed by atoms with Gasteiger partial charge in [-0.15, -0.1) is 0 Å². The normalized spacial score (nSPS) is 23.4. The molecule has 7 nitrogen and oxygen atoms in total. The monoisotopic (exact) mass is 485 g/mol. The van der Waals surface area contributed by atoms with Crippen LogP contribution in [-0.4, -0.2) is 36.1 Å². The highest BCUT2D eigenvalue weighted by Gasteiger charge is 2.41. The first-order chi connectivity index (χ1) is 17.5. The van der Waals surface area contributed by atoms with Crippen LogP contribution in [0.5, 0.6) is 0 Å². The van der Waals surface area contributed by atoms with Gasteiger partial charge < -0.3 is 4.90 Å². The van der Waals surface area contributed by atoms with E-state index < -0.39 is 0 Å². The number of benzene rings is 1. The van der Waals surface area contributed by atoms with Gasteiger partial charge in [0, 0.05) is 49.9 Å². The average Bonchev–Trinajstić information content (AvgIpc) is 3.43. The molecule has 0 spiro atoms. The first-order valence-electron chi connectivity index (χ1n) is 13.2. The summed E-state index contributed by atoms with van der Waals surface area (Å²) in [5.41, 5.74) is 5.90.